The number of rotatable bonds is 5. The van der Waals surface area contributed by atoms with Gasteiger partial charge in [-0.3, -0.25) is 4.72 Å². The Hall–Kier alpha value is -2.25. The van der Waals surface area contributed by atoms with Gasteiger partial charge in [0.05, 0.1) is 36.6 Å². The molecule has 1 saturated heterocycles. The average molecular weight is 348 g/mol. The van der Waals surface area contributed by atoms with E-state index in [0.717, 1.165) is 18.8 Å². The molecule has 0 aromatic heterocycles. The van der Waals surface area contributed by atoms with Crippen molar-refractivity contribution in [3.63, 3.8) is 0 Å². The largest absolute Gasteiger partial charge is 0.497 e. The Morgan fingerprint density at radius 2 is 1.71 bits per heavy atom. The highest BCUT2D eigenvalue weighted by Gasteiger charge is 2.19. The molecule has 128 valence electrons. The predicted octanol–water partition coefficient (Wildman–Crippen LogP) is 2.33. The van der Waals surface area contributed by atoms with E-state index < -0.39 is 10.0 Å². The summed E-state index contributed by atoms with van der Waals surface area (Å²) in [5.41, 5.74) is 1.42. The molecule has 1 heterocycles. The number of hydrogen-bond donors (Lipinski definition) is 1. The van der Waals surface area contributed by atoms with Crippen LogP contribution in [0.1, 0.15) is 0 Å². The van der Waals surface area contributed by atoms with Gasteiger partial charge < -0.3 is 14.4 Å². The van der Waals surface area contributed by atoms with Gasteiger partial charge in [-0.1, -0.05) is 12.1 Å². The predicted molar refractivity (Wildman–Crippen MR) is 93.3 cm³/mol. The molecule has 24 heavy (non-hydrogen) atoms. The molecule has 1 fully saturated rings. The fraction of sp³-hybridized carbons (Fsp3) is 0.294. The van der Waals surface area contributed by atoms with Gasteiger partial charge in [-0.2, -0.15) is 0 Å². The third-order valence-electron chi connectivity index (χ3n) is 3.87. The molecule has 6 nitrogen and oxygen atoms in total. The summed E-state index contributed by atoms with van der Waals surface area (Å²) >= 11 is 0. The lowest BCUT2D eigenvalue weighted by Crippen LogP contribution is -2.36. The third kappa shape index (κ3) is 3.63. The molecule has 3 rings (SSSR count). The summed E-state index contributed by atoms with van der Waals surface area (Å²) in [7, 11) is -2.12. The number of morpholine rings is 1. The summed E-state index contributed by atoms with van der Waals surface area (Å²) < 4.78 is 38.4. The number of ether oxygens (including phenoxy) is 2. The molecule has 0 spiro atoms. The summed E-state index contributed by atoms with van der Waals surface area (Å²) in [5, 5.41) is 0. The molecule has 1 aliphatic rings. The Morgan fingerprint density at radius 1 is 1.04 bits per heavy atom. The van der Waals surface area contributed by atoms with Gasteiger partial charge in [0.15, 0.2) is 0 Å². The Balaban J connectivity index is 1.86. The first-order valence-corrected chi connectivity index (χ1v) is 9.17. The summed E-state index contributed by atoms with van der Waals surface area (Å²) in [6.07, 6.45) is 0. The van der Waals surface area contributed by atoms with Crippen LogP contribution in [-0.2, 0) is 14.8 Å². The highest BCUT2D eigenvalue weighted by atomic mass is 32.2. The number of sulfonamides is 1. The normalized spacial score (nSPS) is 15.1. The van der Waals surface area contributed by atoms with E-state index in [1.54, 1.807) is 25.3 Å². The van der Waals surface area contributed by atoms with Crippen LogP contribution in [0.25, 0.3) is 0 Å². The second-order valence-electron chi connectivity index (χ2n) is 5.40. The van der Waals surface area contributed by atoms with Crippen LogP contribution in [0.5, 0.6) is 5.75 Å². The van der Waals surface area contributed by atoms with Crippen LogP contribution in [-0.4, -0.2) is 41.8 Å². The number of methoxy groups -OCH3 is 1. The first-order chi connectivity index (χ1) is 11.6. The fourth-order valence-corrected chi connectivity index (χ4v) is 3.67. The van der Waals surface area contributed by atoms with Crippen molar-refractivity contribution in [3.8, 4) is 5.75 Å². The van der Waals surface area contributed by atoms with E-state index >= 15 is 0 Å². The van der Waals surface area contributed by atoms with Crippen molar-refractivity contribution in [2.45, 2.75) is 4.90 Å². The SMILES string of the molecule is COc1ccc(S(=O)(=O)Nc2ccccc2N2CCOCC2)cc1. The zero-order valence-corrected chi connectivity index (χ0v) is 14.3. The minimum atomic E-state index is -3.66. The van der Waals surface area contributed by atoms with Gasteiger partial charge in [-0.05, 0) is 36.4 Å². The summed E-state index contributed by atoms with van der Waals surface area (Å²) in [5.74, 6) is 0.614. The van der Waals surface area contributed by atoms with E-state index in [0.29, 0.717) is 24.7 Å². The van der Waals surface area contributed by atoms with Gasteiger partial charge in [0.2, 0.25) is 0 Å². The van der Waals surface area contributed by atoms with Crippen molar-refractivity contribution in [2.24, 2.45) is 0 Å². The molecule has 0 radical (unpaired) electrons. The van der Waals surface area contributed by atoms with E-state index in [1.807, 2.05) is 18.2 Å². The van der Waals surface area contributed by atoms with Crippen molar-refractivity contribution < 1.29 is 17.9 Å². The lowest BCUT2D eigenvalue weighted by molar-refractivity contribution is 0.123. The first-order valence-electron chi connectivity index (χ1n) is 7.69. The van der Waals surface area contributed by atoms with Crippen LogP contribution in [0.2, 0.25) is 0 Å². The minimum Gasteiger partial charge on any atom is -0.497 e. The maximum absolute atomic E-state index is 12.6. The van der Waals surface area contributed by atoms with Crippen molar-refractivity contribution in [2.75, 3.05) is 43.0 Å². The maximum Gasteiger partial charge on any atom is 0.261 e. The fourth-order valence-electron chi connectivity index (χ4n) is 2.60. The van der Waals surface area contributed by atoms with Crippen molar-refractivity contribution in [3.05, 3.63) is 48.5 Å². The van der Waals surface area contributed by atoms with E-state index in [-0.39, 0.29) is 4.90 Å². The molecule has 1 aliphatic heterocycles. The van der Waals surface area contributed by atoms with Crippen molar-refractivity contribution in [1.29, 1.82) is 0 Å². The lowest BCUT2D eigenvalue weighted by atomic mass is 10.2. The van der Waals surface area contributed by atoms with Crippen LogP contribution in [0.3, 0.4) is 0 Å². The monoisotopic (exact) mass is 348 g/mol. The van der Waals surface area contributed by atoms with Crippen LogP contribution >= 0.6 is 0 Å². The number of benzene rings is 2. The Bertz CT molecular complexity index is 784. The summed E-state index contributed by atoms with van der Waals surface area (Å²) in [6, 6.07) is 13.7. The van der Waals surface area contributed by atoms with Crippen LogP contribution in [0.4, 0.5) is 11.4 Å². The Morgan fingerprint density at radius 3 is 2.38 bits per heavy atom. The minimum absolute atomic E-state index is 0.195. The molecule has 0 aliphatic carbocycles. The highest BCUT2D eigenvalue weighted by Crippen LogP contribution is 2.29. The van der Waals surface area contributed by atoms with E-state index in [2.05, 4.69) is 9.62 Å². The number of nitrogens with one attached hydrogen (secondary N) is 1. The summed E-state index contributed by atoms with van der Waals surface area (Å²) in [6.45, 7) is 2.75. The maximum atomic E-state index is 12.6. The lowest BCUT2D eigenvalue weighted by Gasteiger charge is -2.30. The molecular weight excluding hydrogens is 328 g/mol. The molecule has 2 aromatic rings. The van der Waals surface area contributed by atoms with Gasteiger partial charge >= 0.3 is 0 Å². The molecule has 0 bridgehead atoms. The zero-order valence-electron chi connectivity index (χ0n) is 13.4. The van der Waals surface area contributed by atoms with E-state index in [1.165, 1.54) is 12.1 Å². The van der Waals surface area contributed by atoms with Gasteiger partial charge in [-0.25, -0.2) is 8.42 Å². The first kappa shape index (κ1) is 16.6. The van der Waals surface area contributed by atoms with Gasteiger partial charge in [0.1, 0.15) is 5.75 Å². The number of para-hydroxylation sites is 2. The number of anilines is 2. The second-order valence-corrected chi connectivity index (χ2v) is 7.08. The number of hydrogen-bond acceptors (Lipinski definition) is 5. The average Bonchev–Trinajstić information content (AvgIpc) is 2.63. The van der Waals surface area contributed by atoms with Gasteiger partial charge in [0, 0.05) is 13.1 Å². The molecule has 7 heteroatoms. The van der Waals surface area contributed by atoms with Gasteiger partial charge in [-0.15, -0.1) is 0 Å². The second kappa shape index (κ2) is 7.11. The quantitative estimate of drug-likeness (QED) is 0.898. The zero-order chi connectivity index (χ0) is 17.0. The topological polar surface area (TPSA) is 67.9 Å². The highest BCUT2D eigenvalue weighted by molar-refractivity contribution is 7.92. The van der Waals surface area contributed by atoms with Crippen molar-refractivity contribution >= 4 is 21.4 Å². The van der Waals surface area contributed by atoms with Crippen LogP contribution in [0.15, 0.2) is 53.4 Å². The molecule has 0 saturated carbocycles. The third-order valence-corrected chi connectivity index (χ3v) is 5.25. The number of nitrogens with zero attached hydrogens (tertiary/aromatic N) is 1. The Kier molecular flexibility index (Phi) is 4.92. The van der Waals surface area contributed by atoms with E-state index in [9.17, 15) is 8.42 Å². The molecule has 1 N–H and O–H groups in total. The smallest absolute Gasteiger partial charge is 0.261 e. The molecule has 0 amide bonds. The van der Waals surface area contributed by atoms with Crippen LogP contribution < -0.4 is 14.4 Å². The molecule has 2 aromatic carbocycles. The Labute approximate surface area is 142 Å². The molecule has 0 unspecified atom stereocenters. The molecular formula is C17H20N2O4S. The standard InChI is InChI=1S/C17H20N2O4S/c1-22-14-6-8-15(9-7-14)24(20,21)18-16-4-2-3-5-17(16)19-10-12-23-13-11-19/h2-9,18H,10-13H2,1H3. The van der Waals surface area contributed by atoms with Crippen LogP contribution in [0, 0.1) is 0 Å². The van der Waals surface area contributed by atoms with Gasteiger partial charge in [0.25, 0.3) is 10.0 Å². The molecule has 0 atom stereocenters. The summed E-state index contributed by atoms with van der Waals surface area (Å²) in [4.78, 5) is 2.31. The van der Waals surface area contributed by atoms with Crippen molar-refractivity contribution in [1.82, 2.24) is 0 Å². The van der Waals surface area contributed by atoms with E-state index in [4.69, 9.17) is 9.47 Å².